The number of benzene rings is 1. The first-order valence-electron chi connectivity index (χ1n) is 7.66. The minimum atomic E-state index is -4.33. The van der Waals surface area contributed by atoms with Crippen molar-refractivity contribution in [2.45, 2.75) is 31.2 Å². The van der Waals surface area contributed by atoms with E-state index in [-0.39, 0.29) is 28.0 Å². The maximum atomic E-state index is 12.4. The SMILES string of the molecule is Cn1c(=O)/c(=C\c2ccc(SC(F)(F)F)cc2)s/c1=C\C(=O)C(C)(C)C. The van der Waals surface area contributed by atoms with E-state index in [1.165, 1.54) is 46.2 Å². The van der Waals surface area contributed by atoms with Crippen LogP contribution >= 0.6 is 23.1 Å². The van der Waals surface area contributed by atoms with Crippen molar-refractivity contribution in [1.82, 2.24) is 4.57 Å². The molecule has 0 radical (unpaired) electrons. The normalized spacial score (nSPS) is 14.1. The average Bonchev–Trinajstić information content (AvgIpc) is 2.75. The molecule has 3 nitrogen and oxygen atoms in total. The van der Waals surface area contributed by atoms with Crippen molar-refractivity contribution >= 4 is 41.0 Å². The molecule has 0 N–H and O–H groups in total. The summed E-state index contributed by atoms with van der Waals surface area (Å²) >= 11 is 0.988. The number of carbonyl (C=O) groups excluding carboxylic acids is 1. The lowest BCUT2D eigenvalue weighted by Crippen LogP contribution is -2.30. The lowest BCUT2D eigenvalue weighted by Gasteiger charge is -2.12. The fraction of sp³-hybridized carbons (Fsp3) is 0.333. The van der Waals surface area contributed by atoms with Crippen LogP contribution in [-0.2, 0) is 11.8 Å². The van der Waals surface area contributed by atoms with Crippen LogP contribution in [0, 0.1) is 5.41 Å². The summed E-state index contributed by atoms with van der Waals surface area (Å²) in [7, 11) is 1.58. The number of hydrogen-bond acceptors (Lipinski definition) is 4. The summed E-state index contributed by atoms with van der Waals surface area (Å²) in [6.07, 6.45) is 3.06. The van der Waals surface area contributed by atoms with E-state index in [2.05, 4.69) is 0 Å². The summed E-state index contributed by atoms with van der Waals surface area (Å²) in [5, 5.41) is 0. The first-order chi connectivity index (χ1) is 11.9. The number of Topliss-reactive ketones (excluding diaryl/α,β-unsaturated/α-hetero) is 1. The number of hydrogen-bond donors (Lipinski definition) is 0. The van der Waals surface area contributed by atoms with Gasteiger partial charge >= 0.3 is 5.51 Å². The summed E-state index contributed by atoms with van der Waals surface area (Å²) in [4.78, 5) is 24.6. The highest BCUT2D eigenvalue weighted by atomic mass is 32.2. The molecular formula is C18H18F3NO2S2. The van der Waals surface area contributed by atoms with E-state index < -0.39 is 10.9 Å². The smallest absolute Gasteiger partial charge is 0.302 e. The zero-order valence-corrected chi connectivity index (χ0v) is 16.3. The van der Waals surface area contributed by atoms with Crippen molar-refractivity contribution in [1.29, 1.82) is 0 Å². The molecule has 0 atom stereocenters. The van der Waals surface area contributed by atoms with Crippen LogP contribution in [0.3, 0.4) is 0 Å². The molecule has 0 bridgehead atoms. The average molecular weight is 401 g/mol. The van der Waals surface area contributed by atoms with E-state index >= 15 is 0 Å². The molecule has 0 amide bonds. The Morgan fingerprint density at radius 2 is 1.73 bits per heavy atom. The molecule has 0 aliphatic carbocycles. The third-order valence-corrected chi connectivity index (χ3v) is 5.32. The Labute approximate surface area is 156 Å². The Balaban J connectivity index is 2.41. The van der Waals surface area contributed by atoms with Gasteiger partial charge in [0, 0.05) is 23.4 Å². The van der Waals surface area contributed by atoms with E-state index in [0.717, 1.165) is 0 Å². The number of thiazole rings is 1. The molecule has 0 fully saturated rings. The van der Waals surface area contributed by atoms with Gasteiger partial charge in [-0.25, -0.2) is 0 Å². The van der Waals surface area contributed by atoms with Crippen molar-refractivity contribution in [2.75, 3.05) is 0 Å². The molecule has 8 heteroatoms. The molecule has 0 aliphatic rings. The van der Waals surface area contributed by atoms with Crippen LogP contribution in [-0.4, -0.2) is 15.9 Å². The Kier molecular flexibility index (Phi) is 5.87. The summed E-state index contributed by atoms with van der Waals surface area (Å²) in [5.41, 5.74) is -4.52. The zero-order valence-electron chi connectivity index (χ0n) is 14.7. The molecule has 0 aliphatic heterocycles. The molecule has 0 unspecified atom stereocenters. The zero-order chi connectivity index (χ0) is 19.7. The topological polar surface area (TPSA) is 39.1 Å². The van der Waals surface area contributed by atoms with E-state index in [1.54, 1.807) is 33.9 Å². The minimum absolute atomic E-state index is 0.0820. The highest BCUT2D eigenvalue weighted by Gasteiger charge is 2.28. The Morgan fingerprint density at radius 1 is 1.15 bits per heavy atom. The first-order valence-corrected chi connectivity index (χ1v) is 9.30. The number of halogens is 3. The van der Waals surface area contributed by atoms with Gasteiger partial charge in [-0.05, 0) is 35.5 Å². The second-order valence-electron chi connectivity index (χ2n) is 6.69. The standard InChI is InChI=1S/C18H18F3NO2S2/c1-17(2,3)14(23)10-15-22(4)16(24)13(25-15)9-11-5-7-12(8-6-11)26-18(19,20)21/h5-10H,1-4H3/b13-9+,15-10-. The van der Waals surface area contributed by atoms with Crippen molar-refractivity contribution in [2.24, 2.45) is 12.5 Å². The molecule has 2 aromatic rings. The summed E-state index contributed by atoms with van der Waals surface area (Å²) in [6.45, 7) is 5.39. The lowest BCUT2D eigenvalue weighted by molar-refractivity contribution is -0.120. The third-order valence-electron chi connectivity index (χ3n) is 3.47. The van der Waals surface area contributed by atoms with Gasteiger partial charge in [-0.2, -0.15) is 13.2 Å². The fourth-order valence-electron chi connectivity index (χ4n) is 1.95. The van der Waals surface area contributed by atoms with Gasteiger partial charge in [0.05, 0.1) is 4.53 Å². The van der Waals surface area contributed by atoms with Crippen LogP contribution in [0.1, 0.15) is 26.3 Å². The van der Waals surface area contributed by atoms with Crippen molar-refractivity contribution < 1.29 is 18.0 Å². The first kappa shape index (κ1) is 20.5. The van der Waals surface area contributed by atoms with Gasteiger partial charge < -0.3 is 4.57 Å². The molecule has 140 valence electrons. The van der Waals surface area contributed by atoms with Crippen molar-refractivity contribution in [3.63, 3.8) is 0 Å². The molecule has 1 heterocycles. The number of ketones is 1. The van der Waals surface area contributed by atoms with Gasteiger partial charge in [0.1, 0.15) is 4.66 Å². The maximum Gasteiger partial charge on any atom is 0.446 e. The van der Waals surface area contributed by atoms with Gasteiger partial charge in [-0.1, -0.05) is 32.9 Å². The molecule has 2 rings (SSSR count). The van der Waals surface area contributed by atoms with E-state index in [9.17, 15) is 22.8 Å². The van der Waals surface area contributed by atoms with Gasteiger partial charge in [-0.3, -0.25) is 9.59 Å². The molecule has 1 aromatic heterocycles. The summed E-state index contributed by atoms with van der Waals surface area (Å²) in [5.74, 6) is -0.0885. The van der Waals surface area contributed by atoms with E-state index in [1.807, 2.05) is 0 Å². The number of thioether (sulfide) groups is 1. The van der Waals surface area contributed by atoms with Gasteiger partial charge in [0.15, 0.2) is 5.78 Å². The largest absolute Gasteiger partial charge is 0.446 e. The number of carbonyl (C=O) groups is 1. The minimum Gasteiger partial charge on any atom is -0.302 e. The highest BCUT2D eigenvalue weighted by Crippen LogP contribution is 2.36. The number of alkyl halides is 3. The van der Waals surface area contributed by atoms with E-state index in [4.69, 9.17) is 0 Å². The molecular weight excluding hydrogens is 383 g/mol. The predicted molar refractivity (Wildman–Crippen MR) is 99.7 cm³/mol. The van der Waals surface area contributed by atoms with Crippen LogP contribution in [0.5, 0.6) is 0 Å². The second kappa shape index (κ2) is 7.44. The van der Waals surface area contributed by atoms with Crippen LogP contribution < -0.4 is 14.8 Å². The Morgan fingerprint density at radius 3 is 2.23 bits per heavy atom. The van der Waals surface area contributed by atoms with Crippen LogP contribution in [0.15, 0.2) is 34.0 Å². The van der Waals surface area contributed by atoms with Crippen LogP contribution in [0.2, 0.25) is 0 Å². The predicted octanol–water partition coefficient (Wildman–Crippen LogP) is 3.28. The van der Waals surface area contributed by atoms with Gasteiger partial charge in [0.2, 0.25) is 0 Å². The highest BCUT2D eigenvalue weighted by molar-refractivity contribution is 8.00. The summed E-state index contributed by atoms with van der Waals surface area (Å²) < 4.78 is 39.4. The second-order valence-corrected chi connectivity index (χ2v) is 8.89. The maximum absolute atomic E-state index is 12.4. The molecule has 0 saturated carbocycles. The lowest BCUT2D eigenvalue weighted by atomic mass is 9.91. The van der Waals surface area contributed by atoms with Crippen LogP contribution in [0.4, 0.5) is 13.2 Å². The monoisotopic (exact) mass is 401 g/mol. The molecule has 26 heavy (non-hydrogen) atoms. The van der Waals surface area contributed by atoms with E-state index in [0.29, 0.717) is 14.8 Å². The molecule has 0 spiro atoms. The molecule has 0 saturated heterocycles. The summed E-state index contributed by atoms with van der Waals surface area (Å²) in [6, 6.07) is 5.77. The quantitative estimate of drug-likeness (QED) is 0.741. The number of rotatable bonds is 3. The van der Waals surface area contributed by atoms with Crippen molar-refractivity contribution in [3.8, 4) is 0 Å². The Bertz CT molecular complexity index is 978. The van der Waals surface area contributed by atoms with Gasteiger partial charge in [-0.15, -0.1) is 11.3 Å². The van der Waals surface area contributed by atoms with Crippen molar-refractivity contribution in [3.05, 3.63) is 49.4 Å². The van der Waals surface area contributed by atoms with Crippen LogP contribution in [0.25, 0.3) is 12.2 Å². The number of aromatic nitrogens is 1. The van der Waals surface area contributed by atoms with Gasteiger partial charge in [0.25, 0.3) is 5.56 Å². The third kappa shape index (κ3) is 5.35. The molecule has 1 aromatic carbocycles. The Hall–Kier alpha value is -1.80. The number of nitrogens with zero attached hydrogens (tertiary/aromatic N) is 1. The fourth-order valence-corrected chi connectivity index (χ4v) is 3.52.